The number of benzene rings is 2. The fourth-order valence-electron chi connectivity index (χ4n) is 4.19. The molecule has 4 aromatic rings. The van der Waals surface area contributed by atoms with E-state index in [1.54, 1.807) is 29.4 Å². The van der Waals surface area contributed by atoms with E-state index >= 15 is 0 Å². The van der Waals surface area contributed by atoms with Crippen molar-refractivity contribution >= 4 is 42.6 Å². The van der Waals surface area contributed by atoms with Gasteiger partial charge >= 0.3 is 0 Å². The Hall–Kier alpha value is -3.05. The number of carbonyl (C=O) groups is 1. The largest absolute Gasteiger partial charge is 0.467 e. The molecule has 0 saturated carbocycles. The lowest BCUT2D eigenvalue weighted by Crippen LogP contribution is -2.40. The molecular weight excluding hydrogens is 498 g/mol. The topological polar surface area (TPSA) is 93.0 Å². The molecule has 2 aromatic heterocycles. The average molecular weight is 526 g/mol. The van der Waals surface area contributed by atoms with E-state index in [0.29, 0.717) is 48.7 Å². The summed E-state index contributed by atoms with van der Waals surface area (Å²) in [5.41, 5.74) is 2.38. The minimum Gasteiger partial charge on any atom is -0.467 e. The van der Waals surface area contributed by atoms with Crippen LogP contribution in [0.2, 0.25) is 0 Å². The Bertz CT molecular complexity index is 1460. The van der Waals surface area contributed by atoms with Crippen molar-refractivity contribution in [1.82, 2.24) is 9.29 Å². The number of aromatic nitrogens is 1. The third-order valence-corrected chi connectivity index (χ3v) is 9.10. The molecule has 1 saturated heterocycles. The van der Waals surface area contributed by atoms with Crippen LogP contribution >= 0.6 is 11.3 Å². The molecule has 0 aliphatic carbocycles. The Balaban J connectivity index is 1.48. The first-order valence-corrected chi connectivity index (χ1v) is 14.0. The maximum Gasteiger partial charge on any atom is 0.260 e. The Morgan fingerprint density at radius 2 is 1.83 bits per heavy atom. The predicted octanol–water partition coefficient (Wildman–Crippen LogP) is 4.88. The summed E-state index contributed by atoms with van der Waals surface area (Å²) in [6, 6.07) is 15.7. The fraction of sp³-hybridized carbons (Fsp3) is 0.308. The summed E-state index contributed by atoms with van der Waals surface area (Å²) in [6.45, 7) is 5.82. The van der Waals surface area contributed by atoms with E-state index in [2.05, 4.69) is 19.9 Å². The van der Waals surface area contributed by atoms with Gasteiger partial charge in [0, 0.05) is 18.7 Å². The number of hydrogen-bond donors (Lipinski definition) is 0. The number of nitrogens with zero attached hydrogens (tertiary/aromatic N) is 3. The van der Waals surface area contributed by atoms with E-state index in [-0.39, 0.29) is 17.3 Å². The van der Waals surface area contributed by atoms with Crippen LogP contribution < -0.4 is 4.90 Å². The smallest absolute Gasteiger partial charge is 0.260 e. The van der Waals surface area contributed by atoms with Crippen LogP contribution in [0.3, 0.4) is 0 Å². The molecule has 188 valence electrons. The van der Waals surface area contributed by atoms with E-state index in [0.717, 1.165) is 15.8 Å². The molecule has 1 aliphatic heterocycles. The van der Waals surface area contributed by atoms with Gasteiger partial charge in [-0.15, -0.1) is 0 Å². The minimum absolute atomic E-state index is 0.153. The predicted molar refractivity (Wildman–Crippen MR) is 139 cm³/mol. The van der Waals surface area contributed by atoms with E-state index in [1.165, 1.54) is 27.8 Å². The van der Waals surface area contributed by atoms with E-state index in [9.17, 15) is 13.2 Å². The van der Waals surface area contributed by atoms with Gasteiger partial charge in [-0.3, -0.25) is 9.69 Å². The molecule has 8 nitrogen and oxygen atoms in total. The summed E-state index contributed by atoms with van der Waals surface area (Å²) in [4.78, 5) is 20.3. The molecule has 10 heteroatoms. The second kappa shape index (κ2) is 10.1. The van der Waals surface area contributed by atoms with Gasteiger partial charge in [-0.25, -0.2) is 13.4 Å². The standard InChI is InChI=1S/C26H27N3O5S2/c1-18(2)22-6-3-7-23-24(22)27-26(35-23)29(17-20-5-4-14-34-20)25(30)19-8-10-21(11-9-19)36(31,32)28-12-15-33-16-13-28/h3-11,14,18H,12-13,15-17H2,1-2H3. The number of fused-ring (bicyclic) bond motifs is 1. The van der Waals surface area contributed by atoms with Crippen LogP contribution in [-0.2, 0) is 21.3 Å². The van der Waals surface area contributed by atoms with Gasteiger partial charge in [0.25, 0.3) is 5.91 Å². The molecule has 1 fully saturated rings. The van der Waals surface area contributed by atoms with Gasteiger partial charge in [0.1, 0.15) is 5.76 Å². The van der Waals surface area contributed by atoms with Crippen molar-refractivity contribution in [1.29, 1.82) is 0 Å². The van der Waals surface area contributed by atoms with Crippen molar-refractivity contribution in [2.75, 3.05) is 31.2 Å². The molecule has 0 bridgehead atoms. The lowest BCUT2D eigenvalue weighted by atomic mass is 10.0. The highest BCUT2D eigenvalue weighted by molar-refractivity contribution is 7.89. The van der Waals surface area contributed by atoms with Crippen LogP contribution in [0.25, 0.3) is 10.2 Å². The van der Waals surface area contributed by atoms with Crippen molar-refractivity contribution in [3.63, 3.8) is 0 Å². The third kappa shape index (κ3) is 4.81. The summed E-state index contributed by atoms with van der Waals surface area (Å²) in [5.74, 6) is 0.629. The minimum atomic E-state index is -3.65. The average Bonchev–Trinajstić information content (AvgIpc) is 3.57. The van der Waals surface area contributed by atoms with Crippen molar-refractivity contribution in [3.05, 3.63) is 77.7 Å². The van der Waals surface area contributed by atoms with Gasteiger partial charge in [0.05, 0.1) is 41.1 Å². The number of para-hydroxylation sites is 1. The SMILES string of the molecule is CC(C)c1cccc2sc(N(Cc3ccco3)C(=O)c3ccc(S(=O)(=O)N4CCOCC4)cc3)nc12. The summed E-state index contributed by atoms with van der Waals surface area (Å²) >= 11 is 1.45. The lowest BCUT2D eigenvalue weighted by molar-refractivity contribution is 0.0730. The van der Waals surface area contributed by atoms with Crippen molar-refractivity contribution in [2.24, 2.45) is 0 Å². The number of rotatable bonds is 7. The van der Waals surface area contributed by atoms with Crippen LogP contribution in [0.4, 0.5) is 5.13 Å². The van der Waals surface area contributed by atoms with E-state index in [1.807, 2.05) is 18.2 Å². The van der Waals surface area contributed by atoms with Crippen molar-refractivity contribution < 1.29 is 22.4 Å². The Labute approximate surface area is 214 Å². The van der Waals surface area contributed by atoms with Gasteiger partial charge in [0.2, 0.25) is 10.0 Å². The second-order valence-corrected chi connectivity index (χ2v) is 11.8. The maximum absolute atomic E-state index is 13.7. The van der Waals surface area contributed by atoms with Crippen LogP contribution in [0.1, 0.15) is 41.4 Å². The number of amides is 1. The van der Waals surface area contributed by atoms with Gasteiger partial charge in [0.15, 0.2) is 5.13 Å². The monoisotopic (exact) mass is 525 g/mol. The van der Waals surface area contributed by atoms with Crippen molar-refractivity contribution in [2.45, 2.75) is 31.2 Å². The zero-order valence-corrected chi connectivity index (χ0v) is 21.7. The Kier molecular flexibility index (Phi) is 6.94. The molecule has 5 rings (SSSR count). The van der Waals surface area contributed by atoms with Gasteiger partial charge in [-0.05, 0) is 53.9 Å². The second-order valence-electron chi connectivity index (χ2n) is 8.86. The number of morpholine rings is 1. The van der Waals surface area contributed by atoms with E-state index < -0.39 is 10.0 Å². The Morgan fingerprint density at radius 1 is 1.08 bits per heavy atom. The number of furan rings is 1. The van der Waals surface area contributed by atoms with Gasteiger partial charge in [-0.1, -0.05) is 37.3 Å². The number of sulfonamides is 1. The Morgan fingerprint density at radius 3 is 2.50 bits per heavy atom. The number of thiazole rings is 1. The third-order valence-electron chi connectivity index (χ3n) is 6.14. The summed E-state index contributed by atoms with van der Waals surface area (Å²) in [7, 11) is -3.65. The zero-order valence-electron chi connectivity index (χ0n) is 20.1. The maximum atomic E-state index is 13.7. The summed E-state index contributed by atoms with van der Waals surface area (Å²) in [6.07, 6.45) is 1.57. The summed E-state index contributed by atoms with van der Waals surface area (Å²) < 4.78 is 39.2. The van der Waals surface area contributed by atoms with Crippen molar-refractivity contribution in [3.8, 4) is 0 Å². The van der Waals surface area contributed by atoms with Gasteiger partial charge in [-0.2, -0.15) is 4.31 Å². The molecule has 1 aliphatic rings. The number of hydrogen-bond acceptors (Lipinski definition) is 7. The molecule has 0 radical (unpaired) electrons. The highest BCUT2D eigenvalue weighted by Crippen LogP contribution is 2.35. The molecule has 0 atom stereocenters. The first-order chi connectivity index (χ1) is 17.3. The first kappa shape index (κ1) is 24.6. The molecule has 0 unspecified atom stereocenters. The normalized spacial score (nSPS) is 15.0. The van der Waals surface area contributed by atoms with Crippen LogP contribution in [-0.4, -0.2) is 49.9 Å². The highest BCUT2D eigenvalue weighted by Gasteiger charge is 2.28. The quantitative estimate of drug-likeness (QED) is 0.341. The molecule has 0 N–H and O–H groups in total. The van der Waals surface area contributed by atoms with Gasteiger partial charge < -0.3 is 9.15 Å². The highest BCUT2D eigenvalue weighted by atomic mass is 32.2. The molecule has 3 heterocycles. The molecule has 2 aromatic carbocycles. The first-order valence-electron chi connectivity index (χ1n) is 11.8. The molecule has 0 spiro atoms. The zero-order chi connectivity index (χ0) is 25.3. The van der Waals surface area contributed by atoms with Crippen LogP contribution in [0, 0.1) is 0 Å². The number of anilines is 1. The molecular formula is C26H27N3O5S2. The number of carbonyl (C=O) groups excluding carboxylic acids is 1. The molecule has 36 heavy (non-hydrogen) atoms. The number of ether oxygens (including phenoxy) is 1. The van der Waals surface area contributed by atoms with Crippen LogP contribution in [0.15, 0.2) is 70.2 Å². The lowest BCUT2D eigenvalue weighted by Gasteiger charge is -2.26. The molecule has 1 amide bonds. The fourth-order valence-corrected chi connectivity index (χ4v) is 6.59. The van der Waals surface area contributed by atoms with E-state index in [4.69, 9.17) is 14.1 Å². The summed E-state index contributed by atoms with van der Waals surface area (Å²) in [5, 5.41) is 0.560. The van der Waals surface area contributed by atoms with Crippen LogP contribution in [0.5, 0.6) is 0 Å².